The van der Waals surface area contributed by atoms with Gasteiger partial charge in [0.05, 0.1) is 12.0 Å². The zero-order valence-electron chi connectivity index (χ0n) is 10.5. The predicted molar refractivity (Wildman–Crippen MR) is 70.7 cm³/mol. The molecular formula is C15H19ClO. The van der Waals surface area contributed by atoms with Crippen LogP contribution in [0.1, 0.15) is 43.2 Å². The van der Waals surface area contributed by atoms with Crippen LogP contribution in [0.4, 0.5) is 0 Å². The van der Waals surface area contributed by atoms with E-state index in [4.69, 9.17) is 16.3 Å². The van der Waals surface area contributed by atoms with Gasteiger partial charge in [-0.05, 0) is 47.8 Å². The molecule has 0 aromatic heterocycles. The highest BCUT2D eigenvalue weighted by Gasteiger charge is 2.50. The highest BCUT2D eigenvalue weighted by molar-refractivity contribution is 6.21. The number of hydrogen-bond donors (Lipinski definition) is 0. The van der Waals surface area contributed by atoms with Gasteiger partial charge < -0.3 is 4.74 Å². The van der Waals surface area contributed by atoms with Crippen LogP contribution in [0.25, 0.3) is 0 Å². The molecule has 1 fully saturated rings. The standard InChI is InChI=1S/C15H19ClO/c1-15(2)9-12(15)14(16)11-5-6-13-10(8-11)4-3-7-17-13/h5-6,8,12,14H,3-4,7,9H2,1-2H3. The lowest BCUT2D eigenvalue weighted by Gasteiger charge is -2.19. The van der Waals surface area contributed by atoms with Gasteiger partial charge in [-0.2, -0.15) is 0 Å². The first-order chi connectivity index (χ1) is 8.08. The SMILES string of the molecule is CC1(C)CC1C(Cl)c1ccc2c(c1)CCCO2. The zero-order valence-corrected chi connectivity index (χ0v) is 11.3. The molecule has 2 heteroatoms. The maximum absolute atomic E-state index is 6.59. The van der Waals surface area contributed by atoms with E-state index in [-0.39, 0.29) is 5.38 Å². The van der Waals surface area contributed by atoms with E-state index in [1.807, 2.05) is 0 Å². The van der Waals surface area contributed by atoms with E-state index < -0.39 is 0 Å². The van der Waals surface area contributed by atoms with Gasteiger partial charge in [0.15, 0.2) is 0 Å². The van der Waals surface area contributed by atoms with Crippen molar-refractivity contribution in [2.75, 3.05) is 6.61 Å². The third-order valence-corrected chi connectivity index (χ3v) is 4.75. The second-order valence-electron chi connectivity index (χ2n) is 6.02. The molecule has 0 amide bonds. The van der Waals surface area contributed by atoms with Crippen molar-refractivity contribution in [3.8, 4) is 5.75 Å². The molecule has 2 aliphatic rings. The minimum atomic E-state index is 0.164. The van der Waals surface area contributed by atoms with Crippen LogP contribution in [0, 0.1) is 11.3 Å². The van der Waals surface area contributed by atoms with Gasteiger partial charge in [-0.25, -0.2) is 0 Å². The van der Waals surface area contributed by atoms with Crippen molar-refractivity contribution in [3.05, 3.63) is 29.3 Å². The first-order valence-corrected chi connectivity index (χ1v) is 6.91. The topological polar surface area (TPSA) is 9.23 Å². The summed E-state index contributed by atoms with van der Waals surface area (Å²) in [4.78, 5) is 0. The zero-order chi connectivity index (χ0) is 12.0. The Morgan fingerprint density at radius 2 is 2.18 bits per heavy atom. The molecule has 3 rings (SSSR count). The van der Waals surface area contributed by atoms with E-state index >= 15 is 0 Å². The van der Waals surface area contributed by atoms with Crippen molar-refractivity contribution in [1.29, 1.82) is 0 Å². The first-order valence-electron chi connectivity index (χ1n) is 6.48. The molecule has 1 aliphatic heterocycles. The molecule has 0 spiro atoms. The van der Waals surface area contributed by atoms with Crippen LogP contribution in [0.2, 0.25) is 0 Å². The van der Waals surface area contributed by atoms with Gasteiger partial charge in [0, 0.05) is 0 Å². The average Bonchev–Trinajstić information content (AvgIpc) is 2.97. The molecule has 1 heterocycles. The Morgan fingerprint density at radius 3 is 2.88 bits per heavy atom. The highest BCUT2D eigenvalue weighted by atomic mass is 35.5. The van der Waals surface area contributed by atoms with Gasteiger partial charge in [0.1, 0.15) is 5.75 Å². The summed E-state index contributed by atoms with van der Waals surface area (Å²) in [5.41, 5.74) is 3.03. The third kappa shape index (κ3) is 2.06. The Labute approximate surface area is 108 Å². The van der Waals surface area contributed by atoms with Crippen LogP contribution in [-0.2, 0) is 6.42 Å². The summed E-state index contributed by atoms with van der Waals surface area (Å²) in [6.07, 6.45) is 3.49. The van der Waals surface area contributed by atoms with Crippen molar-refractivity contribution in [3.63, 3.8) is 0 Å². The molecular weight excluding hydrogens is 232 g/mol. The van der Waals surface area contributed by atoms with Crippen LogP contribution in [-0.4, -0.2) is 6.61 Å². The smallest absolute Gasteiger partial charge is 0.122 e. The summed E-state index contributed by atoms with van der Waals surface area (Å²) < 4.78 is 5.63. The molecule has 1 nitrogen and oxygen atoms in total. The van der Waals surface area contributed by atoms with E-state index in [1.54, 1.807) is 0 Å². The Bertz CT molecular complexity index is 439. The van der Waals surface area contributed by atoms with E-state index in [0.29, 0.717) is 11.3 Å². The van der Waals surface area contributed by atoms with Gasteiger partial charge in [-0.15, -0.1) is 11.6 Å². The molecule has 0 bridgehead atoms. The van der Waals surface area contributed by atoms with Crippen LogP contribution in [0.15, 0.2) is 18.2 Å². The van der Waals surface area contributed by atoms with E-state index in [0.717, 1.165) is 25.2 Å². The van der Waals surface area contributed by atoms with Crippen molar-refractivity contribution >= 4 is 11.6 Å². The Morgan fingerprint density at radius 1 is 1.41 bits per heavy atom. The average molecular weight is 251 g/mol. The molecule has 2 unspecified atom stereocenters. The van der Waals surface area contributed by atoms with Crippen molar-refractivity contribution in [2.45, 2.75) is 38.5 Å². The number of benzene rings is 1. The largest absolute Gasteiger partial charge is 0.493 e. The maximum Gasteiger partial charge on any atom is 0.122 e. The molecule has 0 radical (unpaired) electrons. The summed E-state index contributed by atoms with van der Waals surface area (Å²) in [6.45, 7) is 5.45. The van der Waals surface area contributed by atoms with Crippen LogP contribution < -0.4 is 4.74 Å². The number of hydrogen-bond acceptors (Lipinski definition) is 1. The highest BCUT2D eigenvalue weighted by Crippen LogP contribution is 2.60. The summed E-state index contributed by atoms with van der Waals surface area (Å²) in [6, 6.07) is 6.48. The predicted octanol–water partition coefficient (Wildman–Crippen LogP) is 4.34. The number of aryl methyl sites for hydroxylation is 1. The quantitative estimate of drug-likeness (QED) is 0.710. The molecule has 1 saturated carbocycles. The second kappa shape index (κ2) is 3.91. The Hall–Kier alpha value is -0.690. The van der Waals surface area contributed by atoms with Crippen molar-refractivity contribution in [1.82, 2.24) is 0 Å². The molecule has 0 N–H and O–H groups in total. The lowest BCUT2D eigenvalue weighted by molar-refractivity contribution is 0.288. The minimum absolute atomic E-state index is 0.164. The fraction of sp³-hybridized carbons (Fsp3) is 0.600. The summed E-state index contributed by atoms with van der Waals surface area (Å²) in [5, 5.41) is 0.164. The molecule has 17 heavy (non-hydrogen) atoms. The second-order valence-corrected chi connectivity index (χ2v) is 6.49. The molecule has 2 atom stereocenters. The summed E-state index contributed by atoms with van der Waals surface area (Å²) in [5.74, 6) is 1.69. The molecule has 1 aliphatic carbocycles. The number of alkyl halides is 1. The van der Waals surface area contributed by atoms with Gasteiger partial charge in [0.25, 0.3) is 0 Å². The number of fused-ring (bicyclic) bond motifs is 1. The first kappa shape index (κ1) is 11.4. The monoisotopic (exact) mass is 250 g/mol. The summed E-state index contributed by atoms with van der Waals surface area (Å²) in [7, 11) is 0. The maximum atomic E-state index is 6.59. The van der Waals surface area contributed by atoms with E-state index in [1.165, 1.54) is 17.5 Å². The Kier molecular flexibility index (Phi) is 2.62. The third-order valence-electron chi connectivity index (χ3n) is 4.19. The van der Waals surface area contributed by atoms with Crippen LogP contribution in [0.3, 0.4) is 0 Å². The van der Waals surface area contributed by atoms with Gasteiger partial charge in [-0.3, -0.25) is 0 Å². The Balaban J connectivity index is 1.84. The van der Waals surface area contributed by atoms with Crippen LogP contribution >= 0.6 is 11.6 Å². The van der Waals surface area contributed by atoms with Crippen molar-refractivity contribution in [2.24, 2.45) is 11.3 Å². The lowest BCUT2D eigenvalue weighted by atomic mass is 9.98. The molecule has 1 aromatic carbocycles. The van der Waals surface area contributed by atoms with Crippen LogP contribution in [0.5, 0.6) is 5.75 Å². The fourth-order valence-corrected chi connectivity index (χ4v) is 3.36. The summed E-state index contributed by atoms with van der Waals surface area (Å²) >= 11 is 6.59. The number of halogens is 1. The minimum Gasteiger partial charge on any atom is -0.493 e. The molecule has 0 saturated heterocycles. The van der Waals surface area contributed by atoms with E-state index in [9.17, 15) is 0 Å². The molecule has 1 aromatic rings. The number of rotatable bonds is 2. The van der Waals surface area contributed by atoms with Gasteiger partial charge in [-0.1, -0.05) is 26.0 Å². The van der Waals surface area contributed by atoms with Gasteiger partial charge in [0.2, 0.25) is 0 Å². The molecule has 92 valence electrons. The lowest BCUT2D eigenvalue weighted by Crippen LogP contribution is -2.09. The normalized spacial score (nSPS) is 26.9. The van der Waals surface area contributed by atoms with Gasteiger partial charge >= 0.3 is 0 Å². The van der Waals surface area contributed by atoms with E-state index in [2.05, 4.69) is 32.0 Å². The number of ether oxygens (including phenoxy) is 1. The fourth-order valence-electron chi connectivity index (χ4n) is 2.79. The van der Waals surface area contributed by atoms with Crippen molar-refractivity contribution < 1.29 is 4.74 Å².